The third kappa shape index (κ3) is 3.84. The summed E-state index contributed by atoms with van der Waals surface area (Å²) in [6.07, 6.45) is 2.13. The Kier molecular flexibility index (Phi) is 4.76. The van der Waals surface area contributed by atoms with E-state index in [0.717, 1.165) is 25.4 Å². The minimum absolute atomic E-state index is 0.324. The molecule has 0 saturated carbocycles. The Labute approximate surface area is 107 Å². The maximum absolute atomic E-state index is 9.85. The molecule has 0 radical (unpaired) electrons. The number of aliphatic hydroxyl groups is 1. The average molecular weight is 249 g/mol. The zero-order chi connectivity index (χ0) is 12.8. The van der Waals surface area contributed by atoms with Crippen molar-refractivity contribution in [3.8, 4) is 6.07 Å². The Morgan fingerprint density at radius 3 is 2.89 bits per heavy atom. The molecule has 1 aromatic rings. The van der Waals surface area contributed by atoms with Crippen LogP contribution in [0.4, 0.5) is 0 Å². The third-order valence-corrected chi connectivity index (χ3v) is 3.12. The smallest absolute Gasteiger partial charge is 0.203 e. The molecule has 2 N–H and O–H groups in total. The molecule has 0 bridgehead atoms. The molecule has 1 aromatic heterocycles. The van der Waals surface area contributed by atoms with Crippen molar-refractivity contribution in [1.29, 1.82) is 5.26 Å². The van der Waals surface area contributed by atoms with Crippen LogP contribution in [0.15, 0.2) is 16.5 Å². The van der Waals surface area contributed by atoms with Gasteiger partial charge in [0.2, 0.25) is 5.76 Å². The molecule has 2 heterocycles. The number of aliphatic hydroxyl groups excluding tert-OH is 1. The second-order valence-electron chi connectivity index (χ2n) is 4.67. The van der Waals surface area contributed by atoms with Crippen molar-refractivity contribution in [3.05, 3.63) is 23.7 Å². The lowest BCUT2D eigenvalue weighted by Gasteiger charge is -2.19. The molecule has 1 unspecified atom stereocenters. The summed E-state index contributed by atoms with van der Waals surface area (Å²) in [4.78, 5) is 2.28. The minimum atomic E-state index is -0.353. The van der Waals surface area contributed by atoms with E-state index in [1.54, 1.807) is 12.1 Å². The number of hydrogen-bond acceptors (Lipinski definition) is 5. The summed E-state index contributed by atoms with van der Waals surface area (Å²) in [6.45, 7) is 4.01. The highest BCUT2D eigenvalue weighted by Crippen LogP contribution is 2.08. The molecule has 1 fully saturated rings. The molecular formula is C13H19N3O2. The molecule has 1 aliphatic rings. The van der Waals surface area contributed by atoms with Gasteiger partial charge in [0.05, 0.1) is 12.6 Å². The summed E-state index contributed by atoms with van der Waals surface area (Å²) in [5.41, 5.74) is 0. The summed E-state index contributed by atoms with van der Waals surface area (Å²) < 4.78 is 5.23. The van der Waals surface area contributed by atoms with Gasteiger partial charge < -0.3 is 19.7 Å². The van der Waals surface area contributed by atoms with E-state index in [2.05, 4.69) is 10.2 Å². The Hall–Kier alpha value is -1.35. The molecule has 1 aliphatic heterocycles. The highest BCUT2D eigenvalue weighted by atomic mass is 16.3. The molecule has 98 valence electrons. The highest BCUT2D eigenvalue weighted by molar-refractivity contribution is 5.18. The van der Waals surface area contributed by atoms with Gasteiger partial charge in [-0.25, -0.2) is 0 Å². The largest absolute Gasteiger partial charge is 0.449 e. The van der Waals surface area contributed by atoms with Crippen LogP contribution in [0.25, 0.3) is 0 Å². The molecule has 1 saturated heterocycles. The predicted octanol–water partition coefficient (Wildman–Crippen LogP) is 0.698. The second-order valence-corrected chi connectivity index (χ2v) is 4.67. The van der Waals surface area contributed by atoms with Crippen LogP contribution in [0.5, 0.6) is 0 Å². The summed E-state index contributed by atoms with van der Waals surface area (Å²) >= 11 is 0. The normalized spacial score (nSPS) is 17.8. The number of β-amino-alcohol motifs (C(OH)–C–C–N with tert-alkyl or cyclic N) is 1. The predicted molar refractivity (Wildman–Crippen MR) is 66.8 cm³/mol. The van der Waals surface area contributed by atoms with Crippen LogP contribution >= 0.6 is 0 Å². The monoisotopic (exact) mass is 249 g/mol. The van der Waals surface area contributed by atoms with E-state index in [1.165, 1.54) is 12.8 Å². The zero-order valence-corrected chi connectivity index (χ0v) is 10.4. The molecule has 18 heavy (non-hydrogen) atoms. The first-order valence-electron chi connectivity index (χ1n) is 6.38. The van der Waals surface area contributed by atoms with E-state index in [4.69, 9.17) is 9.68 Å². The first kappa shape index (κ1) is 13.1. The van der Waals surface area contributed by atoms with Crippen molar-refractivity contribution >= 4 is 0 Å². The van der Waals surface area contributed by atoms with Gasteiger partial charge in [0.1, 0.15) is 11.8 Å². The van der Waals surface area contributed by atoms with E-state index in [1.807, 2.05) is 6.07 Å². The molecule has 0 spiro atoms. The van der Waals surface area contributed by atoms with E-state index < -0.39 is 0 Å². The number of likely N-dealkylation sites (tertiary alicyclic amines) is 1. The molecule has 0 aliphatic carbocycles. The standard InChI is InChI=1S/C13H19N3O2/c14-7-12-3-4-13(18-12)9-15-8-11(17)10-16-5-1-2-6-16/h3-4,11,15,17H,1-2,5-6,8-10H2. The quantitative estimate of drug-likeness (QED) is 0.776. The summed E-state index contributed by atoms with van der Waals surface area (Å²) in [6, 6.07) is 5.37. The number of nitriles is 1. The van der Waals surface area contributed by atoms with Gasteiger partial charge in [0.15, 0.2) is 0 Å². The topological polar surface area (TPSA) is 72.4 Å². The second kappa shape index (κ2) is 6.55. The van der Waals surface area contributed by atoms with Gasteiger partial charge in [0, 0.05) is 13.1 Å². The number of nitrogens with zero attached hydrogens (tertiary/aromatic N) is 2. The van der Waals surface area contributed by atoms with Crippen LogP contribution in [0.2, 0.25) is 0 Å². The van der Waals surface area contributed by atoms with E-state index >= 15 is 0 Å². The molecular weight excluding hydrogens is 230 g/mol. The van der Waals surface area contributed by atoms with Crippen LogP contribution in [0.1, 0.15) is 24.4 Å². The van der Waals surface area contributed by atoms with Crippen LogP contribution in [0.3, 0.4) is 0 Å². The third-order valence-electron chi connectivity index (χ3n) is 3.12. The van der Waals surface area contributed by atoms with Crippen molar-refractivity contribution in [1.82, 2.24) is 10.2 Å². The molecule has 0 aromatic carbocycles. The van der Waals surface area contributed by atoms with Crippen molar-refractivity contribution in [3.63, 3.8) is 0 Å². The lowest BCUT2D eigenvalue weighted by Crippen LogP contribution is -2.36. The summed E-state index contributed by atoms with van der Waals surface area (Å²) in [5.74, 6) is 1.05. The van der Waals surface area contributed by atoms with Crippen LogP contribution in [-0.4, -0.2) is 42.3 Å². The van der Waals surface area contributed by atoms with Gasteiger partial charge in [-0.05, 0) is 38.1 Å². The van der Waals surface area contributed by atoms with E-state index in [-0.39, 0.29) is 6.10 Å². The van der Waals surface area contributed by atoms with Gasteiger partial charge >= 0.3 is 0 Å². The molecule has 0 amide bonds. The number of rotatable bonds is 6. The van der Waals surface area contributed by atoms with Crippen molar-refractivity contribution in [2.45, 2.75) is 25.5 Å². The maximum Gasteiger partial charge on any atom is 0.203 e. The fourth-order valence-electron chi connectivity index (χ4n) is 2.22. The lowest BCUT2D eigenvalue weighted by molar-refractivity contribution is 0.123. The number of hydrogen-bond donors (Lipinski definition) is 2. The van der Waals surface area contributed by atoms with Gasteiger partial charge in [0.25, 0.3) is 0 Å². The first-order valence-corrected chi connectivity index (χ1v) is 6.38. The summed E-state index contributed by atoms with van der Waals surface area (Å²) in [7, 11) is 0. The van der Waals surface area contributed by atoms with Gasteiger partial charge in [-0.15, -0.1) is 0 Å². The SMILES string of the molecule is N#Cc1ccc(CNCC(O)CN2CCCC2)o1. The molecule has 5 nitrogen and oxygen atoms in total. The van der Waals surface area contributed by atoms with E-state index in [0.29, 0.717) is 18.8 Å². The van der Waals surface area contributed by atoms with Crippen molar-refractivity contribution < 1.29 is 9.52 Å². The Bertz CT molecular complexity index is 405. The Morgan fingerprint density at radius 1 is 1.44 bits per heavy atom. The van der Waals surface area contributed by atoms with Gasteiger partial charge in [-0.2, -0.15) is 5.26 Å². The average Bonchev–Trinajstić information content (AvgIpc) is 3.00. The number of furan rings is 1. The fourth-order valence-corrected chi connectivity index (χ4v) is 2.22. The minimum Gasteiger partial charge on any atom is -0.449 e. The van der Waals surface area contributed by atoms with E-state index in [9.17, 15) is 5.11 Å². The highest BCUT2D eigenvalue weighted by Gasteiger charge is 2.15. The van der Waals surface area contributed by atoms with Crippen LogP contribution < -0.4 is 5.32 Å². The Morgan fingerprint density at radius 2 is 2.22 bits per heavy atom. The molecule has 5 heteroatoms. The zero-order valence-electron chi connectivity index (χ0n) is 10.4. The van der Waals surface area contributed by atoms with Crippen LogP contribution in [-0.2, 0) is 6.54 Å². The lowest BCUT2D eigenvalue weighted by atomic mass is 10.3. The first-order chi connectivity index (χ1) is 8.78. The van der Waals surface area contributed by atoms with Gasteiger partial charge in [-0.1, -0.05) is 0 Å². The molecule has 2 rings (SSSR count). The number of nitrogens with one attached hydrogen (secondary N) is 1. The fraction of sp³-hybridized carbons (Fsp3) is 0.615. The van der Waals surface area contributed by atoms with Crippen molar-refractivity contribution in [2.75, 3.05) is 26.2 Å². The summed E-state index contributed by atoms with van der Waals surface area (Å²) in [5, 5.41) is 21.6. The van der Waals surface area contributed by atoms with Crippen molar-refractivity contribution in [2.24, 2.45) is 0 Å². The van der Waals surface area contributed by atoms with Gasteiger partial charge in [-0.3, -0.25) is 0 Å². The maximum atomic E-state index is 9.85. The van der Waals surface area contributed by atoms with Crippen LogP contribution in [0, 0.1) is 11.3 Å². The Balaban J connectivity index is 1.63. The molecule has 1 atom stereocenters.